The molecule has 1 saturated heterocycles. The average Bonchev–Trinajstić information content (AvgIpc) is 3.45. The molecule has 13 nitrogen and oxygen atoms in total. The first kappa shape index (κ1) is 31.3. The number of nitrogens with two attached hydrogens (primary N) is 1. The summed E-state index contributed by atoms with van der Waals surface area (Å²) < 4.78 is 40.6. The Balaban J connectivity index is 1.61. The number of halogens is 2. The minimum Gasteiger partial charge on any atom is -0.462 e. The minimum atomic E-state index is -3.59. The molecule has 0 spiro atoms. The molecule has 3 heterocycles. The van der Waals surface area contributed by atoms with E-state index < -0.39 is 55.2 Å². The van der Waals surface area contributed by atoms with Crippen LogP contribution in [0.25, 0.3) is 11.2 Å². The Morgan fingerprint density at radius 1 is 1.37 bits per heavy atom. The lowest BCUT2D eigenvalue weighted by atomic mass is 9.97. The number of aliphatic hydroxyl groups is 1. The summed E-state index contributed by atoms with van der Waals surface area (Å²) in [6.45, 7) is 0.728. The second-order valence-electron chi connectivity index (χ2n) is 9.68. The molecule has 1 aliphatic rings. The van der Waals surface area contributed by atoms with Crippen molar-refractivity contribution in [3.8, 4) is 5.75 Å². The maximum absolute atomic E-state index is 15.9. The Morgan fingerprint density at radius 3 is 2.71 bits per heavy atom. The number of aromatic nitrogens is 4. The quantitative estimate of drug-likeness (QED) is 0.131. The first-order valence-corrected chi connectivity index (χ1v) is 15.8. The second kappa shape index (κ2) is 12.3. The highest BCUT2D eigenvalue weighted by molar-refractivity contribution is 8.09. The lowest BCUT2D eigenvalue weighted by Gasteiger charge is -2.35. The normalized spacial score (nSPS) is 24.7. The third-order valence-electron chi connectivity index (χ3n) is 6.20. The average molecular weight is 632 g/mol. The van der Waals surface area contributed by atoms with Crippen LogP contribution >= 0.6 is 18.2 Å². The number of nitrogens with zero attached hydrogens (tertiary/aromatic N) is 4. The molecular weight excluding hydrogens is 600 g/mol. The predicted molar refractivity (Wildman–Crippen MR) is 155 cm³/mol. The Kier molecular flexibility index (Phi) is 9.38. The molecule has 3 aromatic rings. The van der Waals surface area contributed by atoms with Crippen LogP contribution in [0.15, 0.2) is 36.7 Å². The van der Waals surface area contributed by atoms with E-state index in [0.717, 1.165) is 0 Å². The maximum Gasteiger partial charge on any atom is 0.323 e. The third kappa shape index (κ3) is 6.72. The highest BCUT2D eigenvalue weighted by Gasteiger charge is 2.61. The summed E-state index contributed by atoms with van der Waals surface area (Å²) in [6, 6.07) is 7.58. The number of nitrogens with one attached hydrogen (secondary N) is 2. The zero-order chi connectivity index (χ0) is 30.0. The van der Waals surface area contributed by atoms with Gasteiger partial charge in [-0.15, -0.1) is 11.6 Å². The third-order valence-corrected chi connectivity index (χ3v) is 9.11. The van der Waals surface area contributed by atoms with Crippen LogP contribution < -0.4 is 20.7 Å². The number of carbonyl (C=O) groups is 1. The van der Waals surface area contributed by atoms with Gasteiger partial charge < -0.3 is 34.7 Å². The van der Waals surface area contributed by atoms with Crippen molar-refractivity contribution in [2.45, 2.75) is 57.0 Å². The van der Waals surface area contributed by atoms with Crippen molar-refractivity contribution >= 4 is 58.9 Å². The lowest BCUT2D eigenvalue weighted by Crippen LogP contribution is -2.53. The number of benzene rings is 1. The van der Waals surface area contributed by atoms with Gasteiger partial charge in [0, 0.05) is 7.05 Å². The van der Waals surface area contributed by atoms with Gasteiger partial charge in [-0.1, -0.05) is 18.2 Å². The number of hydrogen-bond donors (Lipinski definition) is 4. The minimum absolute atomic E-state index is 0.0426. The molecule has 5 atom stereocenters. The van der Waals surface area contributed by atoms with Crippen molar-refractivity contribution in [3.05, 3.63) is 36.7 Å². The Bertz CT molecular complexity index is 1430. The van der Waals surface area contributed by atoms with Crippen LogP contribution in [0.2, 0.25) is 0 Å². The van der Waals surface area contributed by atoms with Crippen LogP contribution in [0.4, 0.5) is 16.2 Å². The van der Waals surface area contributed by atoms with Crippen molar-refractivity contribution < 1.29 is 32.8 Å². The fourth-order valence-electron chi connectivity index (χ4n) is 4.12. The van der Waals surface area contributed by atoms with Gasteiger partial charge in [0.1, 0.15) is 18.0 Å². The number of nitrogen functional groups attached to an aromatic ring is 1. The molecule has 0 amide bonds. The summed E-state index contributed by atoms with van der Waals surface area (Å²) in [4.78, 5) is 25.1. The van der Waals surface area contributed by atoms with Crippen molar-refractivity contribution in [1.82, 2.24) is 24.6 Å². The molecule has 0 saturated carbocycles. The summed E-state index contributed by atoms with van der Waals surface area (Å²) in [7, 11) is 1.64. The van der Waals surface area contributed by atoms with Gasteiger partial charge >= 0.3 is 12.6 Å². The molecule has 4 rings (SSSR count). The van der Waals surface area contributed by atoms with E-state index >= 15 is 4.39 Å². The molecule has 0 aliphatic carbocycles. The van der Waals surface area contributed by atoms with Gasteiger partial charge in [-0.2, -0.15) is 9.97 Å². The zero-order valence-electron chi connectivity index (χ0n) is 22.8. The number of ether oxygens (including phenoxy) is 2. The molecule has 1 aliphatic heterocycles. The highest BCUT2D eigenvalue weighted by atomic mass is 35.5. The molecule has 224 valence electrons. The van der Waals surface area contributed by atoms with Crippen LogP contribution in [0.1, 0.15) is 33.4 Å². The van der Waals surface area contributed by atoms with Gasteiger partial charge in [-0.05, 0) is 44.7 Å². The summed E-state index contributed by atoms with van der Waals surface area (Å²) in [5.74, 6) is -3.42. The molecule has 0 bridgehead atoms. The Labute approximate surface area is 246 Å². The van der Waals surface area contributed by atoms with Crippen LogP contribution in [-0.2, 0) is 30.6 Å². The summed E-state index contributed by atoms with van der Waals surface area (Å²) in [6.07, 6.45) is -0.634. The fraction of sp³-hybridized carbons (Fsp3) is 0.500. The molecule has 1 fully saturated rings. The van der Waals surface area contributed by atoms with Crippen molar-refractivity contribution in [3.63, 3.8) is 0 Å². The molecule has 2 aromatic heterocycles. The number of esters is 1. The largest absolute Gasteiger partial charge is 0.462 e. The standard InChI is InChI=1S/C24H32ClFN7O6PS/c1-14(2)37-21(34)15(3)32-40(41,39-16-8-6-5-7-9-16)36-12-23(11-25)24(26,35)10-17(38-23)33-13-29-18-19(28-4)30-22(27)31-20(18)33/h5-9,13-15,17,35H,10-12H2,1-4H3,(H,32,41)(H3,27,28,30,31)/t15-,17+,23+,24-,40-/m0/s1. The number of rotatable bonds is 12. The lowest BCUT2D eigenvalue weighted by molar-refractivity contribution is -0.203. The van der Waals surface area contributed by atoms with Crippen LogP contribution in [0.5, 0.6) is 5.75 Å². The number of anilines is 2. The van der Waals surface area contributed by atoms with E-state index in [9.17, 15) is 9.90 Å². The first-order chi connectivity index (χ1) is 19.3. The van der Waals surface area contributed by atoms with E-state index in [0.29, 0.717) is 17.1 Å². The van der Waals surface area contributed by atoms with Crippen LogP contribution in [0.3, 0.4) is 0 Å². The first-order valence-electron chi connectivity index (χ1n) is 12.6. The van der Waals surface area contributed by atoms with E-state index in [4.69, 9.17) is 47.7 Å². The molecule has 0 unspecified atom stereocenters. The SMILES string of the molecule is CNc1nc(N)nc2c1ncn2[C@H]1C[C@@](O)(F)[C@@](CCl)(CO[P@@](=S)(N[C@@H](C)C(=O)OC(C)C)Oc2ccccc2)O1. The number of alkyl halides is 2. The number of hydrogen-bond acceptors (Lipinski definition) is 12. The van der Waals surface area contributed by atoms with E-state index in [1.165, 1.54) is 17.8 Å². The van der Waals surface area contributed by atoms with Crippen LogP contribution in [0, 0.1) is 0 Å². The van der Waals surface area contributed by atoms with E-state index in [1.54, 1.807) is 51.2 Å². The molecule has 1 aromatic carbocycles. The van der Waals surface area contributed by atoms with Crippen molar-refractivity contribution in [2.24, 2.45) is 0 Å². The summed E-state index contributed by atoms with van der Waals surface area (Å²) in [5, 5.41) is 16.7. The van der Waals surface area contributed by atoms with Gasteiger partial charge in [0.15, 0.2) is 22.6 Å². The van der Waals surface area contributed by atoms with Crippen LogP contribution in [-0.4, -0.2) is 73.7 Å². The predicted octanol–water partition coefficient (Wildman–Crippen LogP) is 3.25. The smallest absolute Gasteiger partial charge is 0.323 e. The molecule has 5 N–H and O–H groups in total. The maximum atomic E-state index is 15.9. The van der Waals surface area contributed by atoms with Crippen molar-refractivity contribution in [1.29, 1.82) is 0 Å². The Morgan fingerprint density at radius 2 is 2.07 bits per heavy atom. The van der Waals surface area contributed by atoms with E-state index in [2.05, 4.69) is 25.4 Å². The number of para-hydroxylation sites is 1. The van der Waals surface area contributed by atoms with E-state index in [1.807, 2.05) is 0 Å². The Hall–Kier alpha value is -2.65. The van der Waals surface area contributed by atoms with Gasteiger partial charge in [-0.25, -0.2) is 14.5 Å². The molecular formula is C24H32ClFN7O6PS. The number of imidazole rings is 1. The van der Waals surface area contributed by atoms with E-state index in [-0.39, 0.29) is 17.7 Å². The van der Waals surface area contributed by atoms with Gasteiger partial charge in [0.05, 0.1) is 31.3 Å². The summed E-state index contributed by atoms with van der Waals surface area (Å²) in [5.41, 5.74) is 4.37. The summed E-state index contributed by atoms with van der Waals surface area (Å²) >= 11 is 11.9. The zero-order valence-corrected chi connectivity index (χ0v) is 25.3. The van der Waals surface area contributed by atoms with Gasteiger partial charge in [-0.3, -0.25) is 9.36 Å². The molecule has 0 radical (unpaired) electrons. The molecule has 41 heavy (non-hydrogen) atoms. The fourth-order valence-corrected chi connectivity index (χ4v) is 6.90. The number of fused-ring (bicyclic) bond motifs is 1. The van der Waals surface area contributed by atoms with Gasteiger partial charge in [0.2, 0.25) is 11.8 Å². The highest BCUT2D eigenvalue weighted by Crippen LogP contribution is 2.51. The second-order valence-corrected chi connectivity index (χ2v) is 13.1. The molecule has 17 heteroatoms. The van der Waals surface area contributed by atoms with Gasteiger partial charge in [0.25, 0.3) is 0 Å². The van der Waals surface area contributed by atoms with Crippen molar-refractivity contribution in [2.75, 3.05) is 30.6 Å². The number of carbonyl (C=O) groups excluding carboxylic acids is 1. The topological polar surface area (TPSA) is 168 Å². The monoisotopic (exact) mass is 631 g/mol.